The van der Waals surface area contributed by atoms with Crippen LogP contribution in [-0.4, -0.2) is 32.8 Å². The summed E-state index contributed by atoms with van der Waals surface area (Å²) < 4.78 is 27.9. The smallest absolute Gasteiger partial charge is 0.242 e. The summed E-state index contributed by atoms with van der Waals surface area (Å²) in [6.45, 7) is 4.08. The van der Waals surface area contributed by atoms with Crippen LogP contribution in [0.25, 0.3) is 0 Å². The zero-order chi connectivity index (χ0) is 22.8. The van der Waals surface area contributed by atoms with Crippen LogP contribution in [0.5, 0.6) is 0 Å². The maximum absolute atomic E-state index is 12.9. The van der Waals surface area contributed by atoms with Crippen LogP contribution in [0.1, 0.15) is 26.7 Å². The Morgan fingerprint density at radius 1 is 1.10 bits per heavy atom. The van der Waals surface area contributed by atoms with Gasteiger partial charge in [0, 0.05) is 23.7 Å². The average Bonchev–Trinajstić information content (AvgIpc) is 3.12. The van der Waals surface area contributed by atoms with Crippen molar-refractivity contribution in [1.82, 2.24) is 4.72 Å². The highest BCUT2D eigenvalue weighted by Crippen LogP contribution is 2.31. The van der Waals surface area contributed by atoms with E-state index in [0.29, 0.717) is 34.4 Å². The SMILES string of the molecule is CC(C)[C@H](NS(=O)(=O)c1ccc(Cl)cc1)C(=O)Nc1ccc(N2CCCC2=O)c(Cl)c1. The highest BCUT2D eigenvalue weighted by molar-refractivity contribution is 7.89. The molecule has 2 amide bonds. The van der Waals surface area contributed by atoms with Crippen molar-refractivity contribution < 1.29 is 18.0 Å². The number of nitrogens with zero attached hydrogens (tertiary/aromatic N) is 1. The van der Waals surface area contributed by atoms with Gasteiger partial charge in [-0.15, -0.1) is 0 Å². The van der Waals surface area contributed by atoms with Crippen LogP contribution in [0.15, 0.2) is 47.4 Å². The maximum Gasteiger partial charge on any atom is 0.242 e. The lowest BCUT2D eigenvalue weighted by molar-refractivity contribution is -0.119. The Labute approximate surface area is 191 Å². The third-order valence-electron chi connectivity index (χ3n) is 4.93. The van der Waals surface area contributed by atoms with Crippen molar-refractivity contribution in [1.29, 1.82) is 0 Å². The molecule has 0 spiro atoms. The van der Waals surface area contributed by atoms with Gasteiger partial charge in [0.05, 0.1) is 15.6 Å². The molecule has 1 fully saturated rings. The molecule has 1 saturated heterocycles. The van der Waals surface area contributed by atoms with E-state index in [0.717, 1.165) is 6.42 Å². The molecule has 0 unspecified atom stereocenters. The number of rotatable bonds is 7. The number of hydrogen-bond acceptors (Lipinski definition) is 4. The third kappa shape index (κ3) is 5.57. The molecule has 0 radical (unpaired) electrons. The van der Waals surface area contributed by atoms with Crippen LogP contribution in [0.2, 0.25) is 10.0 Å². The van der Waals surface area contributed by atoms with Crippen molar-refractivity contribution in [2.45, 2.75) is 37.6 Å². The van der Waals surface area contributed by atoms with Crippen LogP contribution in [-0.2, 0) is 19.6 Å². The van der Waals surface area contributed by atoms with Gasteiger partial charge in [0.25, 0.3) is 0 Å². The lowest BCUT2D eigenvalue weighted by atomic mass is 10.0. The molecule has 3 rings (SSSR count). The number of carbonyl (C=O) groups is 2. The number of carbonyl (C=O) groups excluding carboxylic acids is 2. The summed E-state index contributed by atoms with van der Waals surface area (Å²) >= 11 is 12.2. The van der Waals surface area contributed by atoms with Gasteiger partial charge in [0.2, 0.25) is 21.8 Å². The van der Waals surface area contributed by atoms with Crippen molar-refractivity contribution in [2.24, 2.45) is 5.92 Å². The second-order valence-corrected chi connectivity index (χ2v) is 10.2. The van der Waals surface area contributed by atoms with Crippen LogP contribution in [0, 0.1) is 5.92 Å². The predicted octanol–water partition coefficient (Wildman–Crippen LogP) is 4.06. The first-order chi connectivity index (χ1) is 14.6. The van der Waals surface area contributed by atoms with Gasteiger partial charge in [-0.2, -0.15) is 4.72 Å². The molecule has 1 aliphatic rings. The Kier molecular flexibility index (Phi) is 7.26. The van der Waals surface area contributed by atoms with E-state index in [4.69, 9.17) is 23.2 Å². The first kappa shape index (κ1) is 23.5. The van der Waals surface area contributed by atoms with E-state index in [9.17, 15) is 18.0 Å². The van der Waals surface area contributed by atoms with E-state index in [1.807, 2.05) is 0 Å². The summed E-state index contributed by atoms with van der Waals surface area (Å²) in [6, 6.07) is 9.52. The van der Waals surface area contributed by atoms with Gasteiger partial charge < -0.3 is 10.2 Å². The zero-order valence-electron chi connectivity index (χ0n) is 17.1. The van der Waals surface area contributed by atoms with Crippen LogP contribution < -0.4 is 14.9 Å². The van der Waals surface area contributed by atoms with Crippen LogP contribution >= 0.6 is 23.2 Å². The zero-order valence-corrected chi connectivity index (χ0v) is 19.4. The molecular weight excluding hydrogens is 461 g/mol. The van der Waals surface area contributed by atoms with Crippen molar-refractivity contribution in [3.63, 3.8) is 0 Å². The highest BCUT2D eigenvalue weighted by atomic mass is 35.5. The summed E-state index contributed by atoms with van der Waals surface area (Å²) in [6.07, 6.45) is 1.26. The van der Waals surface area contributed by atoms with Crippen molar-refractivity contribution in [3.8, 4) is 0 Å². The average molecular weight is 484 g/mol. The maximum atomic E-state index is 12.9. The van der Waals surface area contributed by atoms with E-state index < -0.39 is 22.0 Å². The van der Waals surface area contributed by atoms with Gasteiger partial charge in [0.15, 0.2) is 0 Å². The largest absolute Gasteiger partial charge is 0.325 e. The van der Waals surface area contributed by atoms with E-state index in [1.54, 1.807) is 36.9 Å². The second-order valence-electron chi connectivity index (χ2n) is 7.60. The Morgan fingerprint density at radius 2 is 1.77 bits per heavy atom. The summed E-state index contributed by atoms with van der Waals surface area (Å²) in [5.41, 5.74) is 0.993. The molecule has 0 bridgehead atoms. The molecule has 166 valence electrons. The number of amides is 2. The fraction of sp³-hybridized carbons (Fsp3) is 0.333. The van der Waals surface area contributed by atoms with Crippen LogP contribution in [0.4, 0.5) is 11.4 Å². The number of sulfonamides is 1. The molecule has 1 aliphatic heterocycles. The number of nitrogens with one attached hydrogen (secondary N) is 2. The highest BCUT2D eigenvalue weighted by Gasteiger charge is 2.29. The summed E-state index contributed by atoms with van der Waals surface area (Å²) in [4.78, 5) is 26.4. The van der Waals surface area contributed by atoms with Gasteiger partial charge in [-0.1, -0.05) is 37.0 Å². The molecule has 0 saturated carbocycles. The molecule has 0 aliphatic carbocycles. The fourth-order valence-electron chi connectivity index (χ4n) is 3.27. The first-order valence-electron chi connectivity index (χ1n) is 9.77. The van der Waals surface area contributed by atoms with Crippen molar-refractivity contribution in [2.75, 3.05) is 16.8 Å². The van der Waals surface area contributed by atoms with Gasteiger partial charge in [0.1, 0.15) is 6.04 Å². The Morgan fingerprint density at radius 3 is 2.32 bits per heavy atom. The predicted molar refractivity (Wildman–Crippen MR) is 122 cm³/mol. The Bertz CT molecular complexity index is 1090. The monoisotopic (exact) mass is 483 g/mol. The lowest BCUT2D eigenvalue weighted by Gasteiger charge is -2.22. The Hall–Kier alpha value is -2.13. The quantitative estimate of drug-likeness (QED) is 0.620. The normalized spacial score (nSPS) is 15.4. The molecule has 7 nitrogen and oxygen atoms in total. The summed E-state index contributed by atoms with van der Waals surface area (Å²) in [5.74, 6) is -0.831. The van der Waals surface area contributed by atoms with Crippen molar-refractivity contribution >= 4 is 56.4 Å². The van der Waals surface area contributed by atoms with E-state index in [-0.39, 0.29) is 16.7 Å². The minimum atomic E-state index is -3.93. The minimum Gasteiger partial charge on any atom is -0.325 e. The molecule has 2 aromatic rings. The van der Waals surface area contributed by atoms with Crippen LogP contribution in [0.3, 0.4) is 0 Å². The summed E-state index contributed by atoms with van der Waals surface area (Å²) in [7, 11) is -3.93. The summed E-state index contributed by atoms with van der Waals surface area (Å²) in [5, 5.41) is 3.44. The first-order valence-corrected chi connectivity index (χ1v) is 12.0. The number of anilines is 2. The number of hydrogen-bond donors (Lipinski definition) is 2. The van der Waals surface area contributed by atoms with E-state index in [2.05, 4.69) is 10.0 Å². The number of halogens is 2. The van der Waals surface area contributed by atoms with E-state index in [1.165, 1.54) is 24.3 Å². The standard InChI is InChI=1S/C21H23Cl2N3O4S/c1-13(2)20(25-31(29,30)16-8-5-14(22)6-9-16)21(28)24-15-7-10-18(17(23)12-15)26-11-3-4-19(26)27/h5-10,12-13,20,25H,3-4,11H2,1-2H3,(H,24,28)/t20-/m0/s1. The van der Waals surface area contributed by atoms with Gasteiger partial charge >= 0.3 is 0 Å². The topological polar surface area (TPSA) is 95.6 Å². The molecular formula is C21H23Cl2N3O4S. The molecule has 2 N–H and O–H groups in total. The lowest BCUT2D eigenvalue weighted by Crippen LogP contribution is -2.47. The minimum absolute atomic E-state index is 0.00941. The fourth-order valence-corrected chi connectivity index (χ4v) is 5.02. The number of benzene rings is 2. The molecule has 10 heteroatoms. The third-order valence-corrected chi connectivity index (χ3v) is 6.95. The van der Waals surface area contributed by atoms with Gasteiger partial charge in [-0.25, -0.2) is 8.42 Å². The molecule has 1 atom stereocenters. The Balaban J connectivity index is 1.75. The molecule has 0 aromatic heterocycles. The van der Waals surface area contributed by atoms with Gasteiger partial charge in [-0.3, -0.25) is 9.59 Å². The van der Waals surface area contributed by atoms with E-state index >= 15 is 0 Å². The van der Waals surface area contributed by atoms with Crippen molar-refractivity contribution in [3.05, 3.63) is 52.5 Å². The molecule has 31 heavy (non-hydrogen) atoms. The van der Waals surface area contributed by atoms with Gasteiger partial charge in [-0.05, 0) is 54.8 Å². The molecule has 2 aromatic carbocycles. The molecule has 1 heterocycles. The second kappa shape index (κ2) is 9.56.